The van der Waals surface area contributed by atoms with Crippen molar-refractivity contribution < 1.29 is 13.7 Å². The third-order valence-corrected chi connectivity index (χ3v) is 3.60. The van der Waals surface area contributed by atoms with E-state index < -0.39 is 11.3 Å². The van der Waals surface area contributed by atoms with Crippen LogP contribution in [0.25, 0.3) is 0 Å². The number of nitrogens with zero attached hydrogens (tertiary/aromatic N) is 2. The minimum atomic E-state index is -2.75. The molecule has 0 aliphatic rings. The largest absolute Gasteiger partial charge is 0.383 e. The second-order valence-electron chi connectivity index (χ2n) is 4.99. The van der Waals surface area contributed by atoms with Gasteiger partial charge >= 0.3 is 0 Å². The average molecular weight is 301 g/mol. The third-order valence-electron chi connectivity index (χ3n) is 3.60. The molecule has 1 rings (SSSR count). The fraction of sp³-hybridized carbons (Fsp3) is 0.571. The first-order chi connectivity index (χ1) is 9.86. The van der Waals surface area contributed by atoms with Crippen LogP contribution in [0.15, 0.2) is 18.2 Å². The Kier molecular flexibility index (Phi) is 6.48. The number of hydrogen-bond donors (Lipinski definition) is 1. The summed E-state index contributed by atoms with van der Waals surface area (Å²) in [7, 11) is 1.97. The van der Waals surface area contributed by atoms with Gasteiger partial charge in [-0.3, -0.25) is 10.1 Å². The van der Waals surface area contributed by atoms with Gasteiger partial charge in [0.1, 0.15) is 0 Å². The van der Waals surface area contributed by atoms with Gasteiger partial charge in [0.05, 0.1) is 4.92 Å². The predicted octanol–water partition coefficient (Wildman–Crippen LogP) is 3.67. The van der Waals surface area contributed by atoms with Gasteiger partial charge in [-0.05, 0) is 26.5 Å². The van der Waals surface area contributed by atoms with E-state index in [1.165, 1.54) is 12.1 Å². The van der Waals surface area contributed by atoms with E-state index in [2.05, 4.69) is 24.1 Å². The van der Waals surface area contributed by atoms with Gasteiger partial charge in [-0.2, -0.15) is 0 Å². The quantitative estimate of drug-likeness (QED) is 0.588. The van der Waals surface area contributed by atoms with Crippen LogP contribution in [0.5, 0.6) is 0 Å². The molecular formula is C14H21F2N3O2. The molecule has 7 heteroatoms. The van der Waals surface area contributed by atoms with E-state index in [0.717, 1.165) is 12.5 Å². The van der Waals surface area contributed by atoms with E-state index in [0.29, 0.717) is 19.1 Å². The van der Waals surface area contributed by atoms with Crippen LogP contribution in [-0.2, 0) is 0 Å². The van der Waals surface area contributed by atoms with E-state index >= 15 is 0 Å². The van der Waals surface area contributed by atoms with Crippen molar-refractivity contribution >= 4 is 11.4 Å². The maximum Gasteiger partial charge on any atom is 0.270 e. The average Bonchev–Trinajstić information content (AvgIpc) is 2.45. The van der Waals surface area contributed by atoms with E-state index in [1.54, 1.807) is 0 Å². The number of likely N-dealkylation sites (N-methyl/N-ethyl adjacent to an activating group) is 1. The zero-order valence-electron chi connectivity index (χ0n) is 12.5. The smallest absolute Gasteiger partial charge is 0.270 e. The topological polar surface area (TPSA) is 58.4 Å². The molecule has 0 aliphatic carbocycles. The summed E-state index contributed by atoms with van der Waals surface area (Å²) in [5.74, 6) is 0. The van der Waals surface area contributed by atoms with Crippen molar-refractivity contribution in [1.82, 2.24) is 4.90 Å². The SMILES string of the molecule is CCC(C)N(C)CCNc1ccc([N+](=O)[O-])cc1C(F)F. The lowest BCUT2D eigenvalue weighted by molar-refractivity contribution is -0.385. The summed E-state index contributed by atoms with van der Waals surface area (Å²) < 4.78 is 25.9. The van der Waals surface area contributed by atoms with Crippen LogP contribution in [-0.4, -0.2) is 36.0 Å². The van der Waals surface area contributed by atoms with Gasteiger partial charge in [-0.15, -0.1) is 0 Å². The van der Waals surface area contributed by atoms with Crippen molar-refractivity contribution in [2.45, 2.75) is 32.7 Å². The number of nitro groups is 1. The van der Waals surface area contributed by atoms with Crippen LogP contribution in [0.2, 0.25) is 0 Å². The minimum absolute atomic E-state index is 0.244. The molecule has 0 radical (unpaired) electrons. The number of nitrogens with one attached hydrogen (secondary N) is 1. The van der Waals surface area contributed by atoms with Gasteiger partial charge in [0.25, 0.3) is 12.1 Å². The van der Waals surface area contributed by atoms with Gasteiger partial charge in [0.15, 0.2) is 0 Å². The molecule has 118 valence electrons. The van der Waals surface area contributed by atoms with Crippen LogP contribution in [0.4, 0.5) is 20.2 Å². The van der Waals surface area contributed by atoms with Gasteiger partial charge in [0.2, 0.25) is 0 Å². The number of rotatable bonds is 8. The summed E-state index contributed by atoms with van der Waals surface area (Å²) in [5, 5.41) is 13.6. The molecule has 0 aromatic heterocycles. The Morgan fingerprint density at radius 1 is 1.43 bits per heavy atom. The number of halogens is 2. The summed E-state index contributed by atoms with van der Waals surface area (Å²) in [6.45, 7) is 5.38. The first-order valence-electron chi connectivity index (χ1n) is 6.87. The highest BCUT2D eigenvalue weighted by Gasteiger charge is 2.18. The zero-order chi connectivity index (χ0) is 16.0. The molecule has 1 aromatic carbocycles. The number of anilines is 1. The van der Waals surface area contributed by atoms with Crippen LogP contribution in [0.1, 0.15) is 32.3 Å². The molecule has 0 fully saturated rings. The fourth-order valence-corrected chi connectivity index (χ4v) is 1.90. The minimum Gasteiger partial charge on any atom is -0.383 e. The number of non-ortho nitro benzene ring substituents is 1. The van der Waals surface area contributed by atoms with Crippen molar-refractivity contribution in [3.05, 3.63) is 33.9 Å². The van der Waals surface area contributed by atoms with Crippen LogP contribution in [0.3, 0.4) is 0 Å². The number of benzene rings is 1. The molecule has 0 saturated heterocycles. The van der Waals surface area contributed by atoms with Crippen molar-refractivity contribution in [2.75, 3.05) is 25.5 Å². The lowest BCUT2D eigenvalue weighted by atomic mass is 10.1. The van der Waals surface area contributed by atoms with Crippen molar-refractivity contribution in [3.8, 4) is 0 Å². The Hall–Kier alpha value is -1.76. The molecule has 1 atom stereocenters. The van der Waals surface area contributed by atoms with Crippen LogP contribution in [0, 0.1) is 10.1 Å². The summed E-state index contributed by atoms with van der Waals surface area (Å²) in [6, 6.07) is 3.90. The van der Waals surface area contributed by atoms with Gasteiger partial charge in [-0.1, -0.05) is 6.92 Å². The van der Waals surface area contributed by atoms with Crippen LogP contribution < -0.4 is 5.32 Å². The summed E-state index contributed by atoms with van der Waals surface area (Å²) >= 11 is 0. The monoisotopic (exact) mass is 301 g/mol. The molecule has 0 saturated carbocycles. The molecular weight excluding hydrogens is 280 g/mol. The first kappa shape index (κ1) is 17.3. The van der Waals surface area contributed by atoms with Crippen molar-refractivity contribution in [2.24, 2.45) is 0 Å². The highest BCUT2D eigenvalue weighted by atomic mass is 19.3. The van der Waals surface area contributed by atoms with Crippen molar-refractivity contribution in [1.29, 1.82) is 0 Å². The molecule has 21 heavy (non-hydrogen) atoms. The number of alkyl halides is 2. The highest BCUT2D eigenvalue weighted by Crippen LogP contribution is 2.30. The van der Waals surface area contributed by atoms with Gasteiger partial charge in [-0.25, -0.2) is 8.78 Å². The Labute approximate surface area is 123 Å². The zero-order valence-corrected chi connectivity index (χ0v) is 12.5. The number of nitro benzene ring substituents is 1. The molecule has 5 nitrogen and oxygen atoms in total. The van der Waals surface area contributed by atoms with E-state index in [4.69, 9.17) is 0 Å². The second-order valence-corrected chi connectivity index (χ2v) is 4.99. The Balaban J connectivity index is 2.72. The maximum atomic E-state index is 13.0. The fourth-order valence-electron chi connectivity index (χ4n) is 1.90. The lowest BCUT2D eigenvalue weighted by Crippen LogP contribution is -2.32. The van der Waals surface area contributed by atoms with E-state index in [1.807, 2.05) is 7.05 Å². The Morgan fingerprint density at radius 3 is 2.62 bits per heavy atom. The molecule has 0 spiro atoms. The van der Waals surface area contributed by atoms with E-state index in [9.17, 15) is 18.9 Å². The Bertz CT molecular complexity index is 483. The van der Waals surface area contributed by atoms with Gasteiger partial charge in [0, 0.05) is 42.5 Å². The summed E-state index contributed by atoms with van der Waals surface area (Å²) in [4.78, 5) is 12.1. The van der Waals surface area contributed by atoms with E-state index in [-0.39, 0.29) is 16.9 Å². The first-order valence-corrected chi connectivity index (χ1v) is 6.87. The van der Waals surface area contributed by atoms with Crippen LogP contribution >= 0.6 is 0 Å². The molecule has 0 amide bonds. The summed E-state index contributed by atoms with van der Waals surface area (Å²) in [6.07, 6.45) is -1.74. The lowest BCUT2D eigenvalue weighted by Gasteiger charge is -2.24. The molecule has 1 unspecified atom stereocenters. The standard InChI is InChI=1S/C14H21F2N3O2/c1-4-10(2)18(3)8-7-17-13-6-5-11(19(20)21)9-12(13)14(15)16/h5-6,9-10,14,17H,4,7-8H2,1-3H3. The van der Waals surface area contributed by atoms with Gasteiger partial charge < -0.3 is 10.2 Å². The normalized spacial score (nSPS) is 12.7. The predicted molar refractivity (Wildman–Crippen MR) is 78.9 cm³/mol. The molecule has 1 aromatic rings. The number of hydrogen-bond acceptors (Lipinski definition) is 4. The molecule has 0 heterocycles. The van der Waals surface area contributed by atoms with Crippen molar-refractivity contribution in [3.63, 3.8) is 0 Å². The molecule has 1 N–H and O–H groups in total. The second kappa shape index (κ2) is 7.87. The molecule has 0 bridgehead atoms. The molecule has 0 aliphatic heterocycles. The maximum absolute atomic E-state index is 13.0. The summed E-state index contributed by atoms with van der Waals surface area (Å²) in [5.41, 5.74) is -0.420. The highest BCUT2D eigenvalue weighted by molar-refractivity contribution is 5.56. The third kappa shape index (κ3) is 4.93. The Morgan fingerprint density at radius 2 is 2.10 bits per heavy atom.